The maximum Gasteiger partial charge on any atom is 0.243 e. The Morgan fingerprint density at radius 3 is 2.46 bits per heavy atom. The molecule has 1 aliphatic heterocycles. The van der Waals surface area contributed by atoms with E-state index in [0.29, 0.717) is 19.5 Å². The van der Waals surface area contributed by atoms with Crippen molar-refractivity contribution in [2.24, 2.45) is 0 Å². The fraction of sp³-hybridized carbons (Fsp3) is 0.350. The molecule has 1 saturated heterocycles. The Balaban J connectivity index is 1.72. The van der Waals surface area contributed by atoms with E-state index in [0.717, 1.165) is 28.6 Å². The first-order valence-corrected chi connectivity index (χ1v) is 11.3. The summed E-state index contributed by atoms with van der Waals surface area (Å²) >= 11 is 3.31. The van der Waals surface area contributed by atoms with Crippen LogP contribution in [0.4, 0.5) is 0 Å². The largest absolute Gasteiger partial charge is 0.497 e. The summed E-state index contributed by atoms with van der Waals surface area (Å²) in [6.07, 6.45) is 2.09. The second-order valence-corrected chi connectivity index (χ2v) is 9.45. The van der Waals surface area contributed by atoms with Gasteiger partial charge in [-0.25, -0.2) is 8.42 Å². The fourth-order valence-electron chi connectivity index (χ4n) is 3.25. The lowest BCUT2D eigenvalue weighted by atomic mass is 10.0. The maximum absolute atomic E-state index is 13.1. The van der Waals surface area contributed by atoms with Gasteiger partial charge in [-0.15, -0.1) is 0 Å². The molecule has 1 aliphatic rings. The van der Waals surface area contributed by atoms with Crippen molar-refractivity contribution in [3.8, 4) is 5.75 Å². The van der Waals surface area contributed by atoms with Crippen LogP contribution in [0.1, 0.15) is 24.8 Å². The minimum absolute atomic E-state index is 0.200. The van der Waals surface area contributed by atoms with E-state index < -0.39 is 16.1 Å². The van der Waals surface area contributed by atoms with E-state index in [9.17, 15) is 13.2 Å². The van der Waals surface area contributed by atoms with Crippen molar-refractivity contribution in [1.29, 1.82) is 0 Å². The SMILES string of the molecule is COc1ccc(CNC(=O)[C@@H]2CCCCN2S(=O)(=O)c2ccc(Br)cc2)cc1. The number of hydrogen-bond donors (Lipinski definition) is 1. The van der Waals surface area contributed by atoms with Crippen molar-refractivity contribution in [2.75, 3.05) is 13.7 Å². The van der Waals surface area contributed by atoms with Crippen molar-refractivity contribution in [2.45, 2.75) is 36.7 Å². The minimum atomic E-state index is -3.73. The Labute approximate surface area is 174 Å². The summed E-state index contributed by atoms with van der Waals surface area (Å²) < 4.78 is 33.4. The van der Waals surface area contributed by atoms with Crippen LogP contribution < -0.4 is 10.1 Å². The Morgan fingerprint density at radius 1 is 1.14 bits per heavy atom. The Hall–Kier alpha value is -1.90. The normalized spacial score (nSPS) is 17.9. The molecule has 1 N–H and O–H groups in total. The van der Waals surface area contributed by atoms with E-state index in [1.807, 2.05) is 24.3 Å². The highest BCUT2D eigenvalue weighted by molar-refractivity contribution is 9.10. The monoisotopic (exact) mass is 466 g/mol. The molecule has 8 heteroatoms. The molecule has 6 nitrogen and oxygen atoms in total. The fourth-order valence-corrected chi connectivity index (χ4v) is 5.17. The van der Waals surface area contributed by atoms with Gasteiger partial charge in [0.1, 0.15) is 11.8 Å². The zero-order valence-electron chi connectivity index (χ0n) is 15.6. The molecule has 0 aromatic heterocycles. The molecule has 3 rings (SSSR count). The number of nitrogens with zero attached hydrogens (tertiary/aromatic N) is 1. The summed E-state index contributed by atoms with van der Waals surface area (Å²) in [6.45, 7) is 0.685. The molecule has 1 fully saturated rings. The van der Waals surface area contributed by atoms with E-state index in [4.69, 9.17) is 4.74 Å². The van der Waals surface area contributed by atoms with Crippen molar-refractivity contribution >= 4 is 31.9 Å². The van der Waals surface area contributed by atoms with Gasteiger partial charge < -0.3 is 10.1 Å². The predicted octanol–water partition coefficient (Wildman–Crippen LogP) is 3.32. The number of ether oxygens (including phenoxy) is 1. The number of sulfonamides is 1. The zero-order valence-corrected chi connectivity index (χ0v) is 18.0. The Morgan fingerprint density at radius 2 is 1.82 bits per heavy atom. The van der Waals surface area contributed by atoms with Crippen LogP contribution in [-0.2, 0) is 21.4 Å². The van der Waals surface area contributed by atoms with Gasteiger partial charge in [0.2, 0.25) is 15.9 Å². The van der Waals surface area contributed by atoms with E-state index in [-0.39, 0.29) is 10.8 Å². The zero-order chi connectivity index (χ0) is 20.1. The first-order valence-electron chi connectivity index (χ1n) is 9.10. The van der Waals surface area contributed by atoms with E-state index in [2.05, 4.69) is 21.2 Å². The van der Waals surface area contributed by atoms with Crippen LogP contribution in [0.25, 0.3) is 0 Å². The summed E-state index contributed by atoms with van der Waals surface area (Å²) in [5.41, 5.74) is 0.923. The first-order chi connectivity index (χ1) is 13.4. The molecule has 0 radical (unpaired) electrons. The van der Waals surface area contributed by atoms with Gasteiger partial charge in [0.15, 0.2) is 0 Å². The van der Waals surface area contributed by atoms with Crippen LogP contribution in [0.3, 0.4) is 0 Å². The van der Waals surface area contributed by atoms with Gasteiger partial charge in [0.05, 0.1) is 12.0 Å². The lowest BCUT2D eigenvalue weighted by molar-refractivity contribution is -0.125. The predicted molar refractivity (Wildman–Crippen MR) is 111 cm³/mol. The highest BCUT2D eigenvalue weighted by Gasteiger charge is 2.37. The summed E-state index contributed by atoms with van der Waals surface area (Å²) in [6, 6.07) is 13.2. The number of carbonyl (C=O) groups is 1. The minimum Gasteiger partial charge on any atom is -0.497 e. The molecule has 2 aromatic rings. The Kier molecular flexibility index (Phi) is 6.74. The number of methoxy groups -OCH3 is 1. The van der Waals surface area contributed by atoms with Crippen LogP contribution in [0.5, 0.6) is 5.75 Å². The molecule has 1 heterocycles. The molecule has 0 saturated carbocycles. The topological polar surface area (TPSA) is 75.7 Å². The van der Waals surface area contributed by atoms with Crippen LogP contribution >= 0.6 is 15.9 Å². The summed E-state index contributed by atoms with van der Waals surface area (Å²) in [7, 11) is -2.13. The molecule has 0 aliphatic carbocycles. The third kappa shape index (κ3) is 4.74. The van der Waals surface area contributed by atoms with E-state index in [1.54, 1.807) is 31.4 Å². The van der Waals surface area contributed by atoms with Crippen LogP contribution in [-0.4, -0.2) is 38.3 Å². The van der Waals surface area contributed by atoms with Gasteiger partial charge in [0, 0.05) is 17.6 Å². The van der Waals surface area contributed by atoms with Crippen molar-refractivity contribution in [1.82, 2.24) is 9.62 Å². The highest BCUT2D eigenvalue weighted by Crippen LogP contribution is 2.26. The number of amides is 1. The van der Waals surface area contributed by atoms with Crippen LogP contribution in [0.2, 0.25) is 0 Å². The second kappa shape index (κ2) is 9.07. The van der Waals surface area contributed by atoms with Crippen molar-refractivity contribution in [3.63, 3.8) is 0 Å². The van der Waals surface area contributed by atoms with Crippen LogP contribution in [0, 0.1) is 0 Å². The molecule has 1 atom stereocenters. The smallest absolute Gasteiger partial charge is 0.243 e. The molecule has 1 amide bonds. The lowest BCUT2D eigenvalue weighted by Crippen LogP contribution is -2.51. The van der Waals surface area contributed by atoms with Gasteiger partial charge in [0.25, 0.3) is 0 Å². The van der Waals surface area contributed by atoms with E-state index in [1.165, 1.54) is 4.31 Å². The van der Waals surface area contributed by atoms with E-state index >= 15 is 0 Å². The van der Waals surface area contributed by atoms with Crippen molar-refractivity contribution < 1.29 is 17.9 Å². The molecule has 0 bridgehead atoms. The third-order valence-electron chi connectivity index (χ3n) is 4.80. The Bertz CT molecular complexity index is 914. The summed E-state index contributed by atoms with van der Waals surface area (Å²) in [4.78, 5) is 13.0. The summed E-state index contributed by atoms with van der Waals surface area (Å²) in [5, 5.41) is 2.88. The highest BCUT2D eigenvalue weighted by atomic mass is 79.9. The number of halogens is 1. The number of hydrogen-bond acceptors (Lipinski definition) is 4. The standard InChI is InChI=1S/C20H23BrN2O4S/c1-27-17-9-5-15(6-10-17)14-22-20(24)19-4-2-3-13-23(19)28(25,26)18-11-7-16(21)8-12-18/h5-12,19H,2-4,13-14H2,1H3,(H,22,24)/t19-/m0/s1. The number of benzene rings is 2. The molecule has 0 spiro atoms. The third-order valence-corrected chi connectivity index (χ3v) is 7.25. The molecule has 0 unspecified atom stereocenters. The summed E-state index contributed by atoms with van der Waals surface area (Å²) in [5.74, 6) is 0.477. The molecule has 2 aromatic carbocycles. The quantitative estimate of drug-likeness (QED) is 0.708. The average molecular weight is 467 g/mol. The van der Waals surface area contributed by atoms with Gasteiger partial charge in [-0.2, -0.15) is 4.31 Å². The van der Waals surface area contributed by atoms with Gasteiger partial charge in [-0.3, -0.25) is 4.79 Å². The number of piperidine rings is 1. The second-order valence-electron chi connectivity index (χ2n) is 6.65. The van der Waals surface area contributed by atoms with Crippen LogP contribution in [0.15, 0.2) is 57.9 Å². The molecule has 28 heavy (non-hydrogen) atoms. The van der Waals surface area contributed by atoms with Gasteiger partial charge >= 0.3 is 0 Å². The number of carbonyl (C=O) groups excluding carboxylic acids is 1. The molecule has 150 valence electrons. The molecular formula is C20H23BrN2O4S. The maximum atomic E-state index is 13.1. The average Bonchev–Trinajstić information content (AvgIpc) is 2.72. The lowest BCUT2D eigenvalue weighted by Gasteiger charge is -2.33. The van der Waals surface area contributed by atoms with Gasteiger partial charge in [-0.05, 0) is 54.8 Å². The first kappa shape index (κ1) is 20.8. The number of rotatable bonds is 6. The van der Waals surface area contributed by atoms with Gasteiger partial charge in [-0.1, -0.05) is 34.5 Å². The molecular weight excluding hydrogens is 444 g/mol. The van der Waals surface area contributed by atoms with Crippen molar-refractivity contribution in [3.05, 3.63) is 58.6 Å². The number of nitrogens with one attached hydrogen (secondary N) is 1.